The Morgan fingerprint density at radius 3 is 2.20 bits per heavy atom. The van der Waals surface area contributed by atoms with E-state index in [1.165, 1.54) is 0 Å². The van der Waals surface area contributed by atoms with E-state index in [2.05, 4.69) is 10.8 Å². The van der Waals surface area contributed by atoms with Crippen LogP contribution in [0.2, 0.25) is 0 Å². The van der Waals surface area contributed by atoms with Crippen molar-refractivity contribution < 1.29 is 8.42 Å². The van der Waals surface area contributed by atoms with Crippen molar-refractivity contribution in [3.05, 3.63) is 54.6 Å². The molecule has 1 N–H and O–H groups in total. The fourth-order valence-electron chi connectivity index (χ4n) is 1.96. The Morgan fingerprint density at radius 2 is 1.60 bits per heavy atom. The highest BCUT2D eigenvalue weighted by Gasteiger charge is 2.24. The minimum Gasteiger partial charge on any atom is -0.207 e. The van der Waals surface area contributed by atoms with Crippen LogP contribution in [0.15, 0.2) is 53.4 Å². The van der Waals surface area contributed by atoms with Gasteiger partial charge in [0.05, 0.1) is 4.90 Å². The molecule has 4 heteroatoms. The summed E-state index contributed by atoms with van der Waals surface area (Å²) < 4.78 is 27.7. The normalized spacial score (nSPS) is 12.3. The van der Waals surface area contributed by atoms with Gasteiger partial charge < -0.3 is 0 Å². The van der Waals surface area contributed by atoms with Gasteiger partial charge in [0.2, 0.25) is 10.0 Å². The van der Waals surface area contributed by atoms with E-state index in [1.807, 2.05) is 45.0 Å². The molecule has 0 saturated carbocycles. The predicted octanol–water partition coefficient (Wildman–Crippen LogP) is 3.23. The summed E-state index contributed by atoms with van der Waals surface area (Å²) in [4.78, 5) is 0.293. The Labute approximate surface area is 120 Å². The van der Waals surface area contributed by atoms with Crippen LogP contribution in [0.25, 0.3) is 11.1 Å². The molecule has 0 aliphatic rings. The van der Waals surface area contributed by atoms with E-state index < -0.39 is 15.6 Å². The fraction of sp³-hybridized carbons (Fsp3) is 0.250. The molecule has 2 rings (SSSR count). The Hall–Kier alpha value is -1.65. The molecule has 0 aliphatic carbocycles. The molecule has 0 fully saturated rings. The molecule has 0 bridgehead atoms. The maximum atomic E-state index is 12.5. The molecule has 3 nitrogen and oxygen atoms in total. The third-order valence-corrected chi connectivity index (χ3v) is 4.46. The van der Waals surface area contributed by atoms with E-state index in [0.717, 1.165) is 5.56 Å². The highest BCUT2D eigenvalue weighted by molar-refractivity contribution is 7.89. The number of rotatable bonds is 3. The molecule has 0 saturated heterocycles. The largest absolute Gasteiger partial charge is 0.241 e. The van der Waals surface area contributed by atoms with E-state index in [4.69, 9.17) is 0 Å². The second-order valence-electron chi connectivity index (χ2n) is 5.64. The third-order valence-electron chi connectivity index (χ3n) is 2.65. The van der Waals surface area contributed by atoms with Crippen LogP contribution in [0.1, 0.15) is 20.8 Å². The van der Waals surface area contributed by atoms with Gasteiger partial charge in [-0.05, 0) is 38.5 Å². The molecule has 0 heterocycles. The lowest BCUT2D eigenvalue weighted by Gasteiger charge is -2.21. The Kier molecular flexibility index (Phi) is 3.97. The van der Waals surface area contributed by atoms with Gasteiger partial charge in [0.1, 0.15) is 0 Å². The van der Waals surface area contributed by atoms with Crippen molar-refractivity contribution in [3.63, 3.8) is 0 Å². The van der Waals surface area contributed by atoms with Crippen LogP contribution in [0.4, 0.5) is 0 Å². The average molecular weight is 288 g/mol. The molecule has 0 atom stereocenters. The van der Waals surface area contributed by atoms with Crippen LogP contribution >= 0.6 is 0 Å². The molecule has 0 unspecified atom stereocenters. The summed E-state index contributed by atoms with van der Waals surface area (Å²) in [5.74, 6) is 0. The number of benzene rings is 2. The summed E-state index contributed by atoms with van der Waals surface area (Å²) in [6, 6.07) is 17.2. The highest BCUT2D eigenvalue weighted by Crippen LogP contribution is 2.27. The van der Waals surface area contributed by atoms with Gasteiger partial charge in [-0.2, -0.15) is 0 Å². The maximum Gasteiger partial charge on any atom is 0.241 e. The predicted molar refractivity (Wildman–Crippen MR) is 80.8 cm³/mol. The molecule has 0 amide bonds. The summed E-state index contributed by atoms with van der Waals surface area (Å²) in [6.45, 7) is 5.47. The maximum absolute atomic E-state index is 12.5. The number of hydrogen-bond acceptors (Lipinski definition) is 2. The van der Waals surface area contributed by atoms with Crippen molar-refractivity contribution >= 4 is 10.0 Å². The molecule has 0 aliphatic heterocycles. The fourth-order valence-corrected chi connectivity index (χ4v) is 3.61. The van der Waals surface area contributed by atoms with Crippen molar-refractivity contribution in [1.82, 2.24) is 4.72 Å². The van der Waals surface area contributed by atoms with Gasteiger partial charge in [0.15, 0.2) is 0 Å². The molecule has 105 valence electrons. The van der Waals surface area contributed by atoms with Crippen molar-refractivity contribution in [1.29, 1.82) is 0 Å². The molecule has 0 aromatic heterocycles. The van der Waals surface area contributed by atoms with Crippen LogP contribution in [0, 0.1) is 6.07 Å². The minimum atomic E-state index is -3.56. The summed E-state index contributed by atoms with van der Waals surface area (Å²) in [5.41, 5.74) is 1.04. The minimum absolute atomic E-state index is 0.293. The first kappa shape index (κ1) is 14.8. The van der Waals surface area contributed by atoms with Gasteiger partial charge >= 0.3 is 0 Å². The van der Waals surface area contributed by atoms with Crippen LogP contribution < -0.4 is 4.72 Å². The second kappa shape index (κ2) is 5.38. The quantitative estimate of drug-likeness (QED) is 0.942. The number of nitrogens with one attached hydrogen (secondary N) is 1. The van der Waals surface area contributed by atoms with Crippen molar-refractivity contribution in [2.45, 2.75) is 31.2 Å². The van der Waals surface area contributed by atoms with Crippen molar-refractivity contribution in [2.75, 3.05) is 0 Å². The third kappa shape index (κ3) is 3.46. The monoisotopic (exact) mass is 288 g/mol. The van der Waals surface area contributed by atoms with E-state index >= 15 is 0 Å². The van der Waals surface area contributed by atoms with Gasteiger partial charge in [-0.15, -0.1) is 0 Å². The molecule has 0 spiro atoms. The molecule has 1 radical (unpaired) electrons. The summed E-state index contributed by atoms with van der Waals surface area (Å²) in [5, 5.41) is 0. The van der Waals surface area contributed by atoms with E-state index in [-0.39, 0.29) is 0 Å². The molecule has 20 heavy (non-hydrogen) atoms. The summed E-state index contributed by atoms with van der Waals surface area (Å²) in [7, 11) is -3.56. The lowest BCUT2D eigenvalue weighted by Crippen LogP contribution is -2.40. The lowest BCUT2D eigenvalue weighted by atomic mass is 10.1. The first-order valence-corrected chi connectivity index (χ1v) is 7.87. The summed E-state index contributed by atoms with van der Waals surface area (Å²) >= 11 is 0. The topological polar surface area (TPSA) is 46.2 Å². The van der Waals surface area contributed by atoms with Gasteiger partial charge in [-0.3, -0.25) is 0 Å². The van der Waals surface area contributed by atoms with Crippen LogP contribution in [-0.2, 0) is 10.0 Å². The second-order valence-corrected chi connectivity index (χ2v) is 7.29. The van der Waals surface area contributed by atoms with Gasteiger partial charge in [-0.1, -0.05) is 42.5 Å². The molecule has 2 aromatic rings. The van der Waals surface area contributed by atoms with Crippen molar-refractivity contribution in [2.24, 2.45) is 0 Å². The highest BCUT2D eigenvalue weighted by atomic mass is 32.2. The van der Waals surface area contributed by atoms with Gasteiger partial charge in [-0.25, -0.2) is 13.1 Å². The summed E-state index contributed by atoms with van der Waals surface area (Å²) in [6.07, 6.45) is 0. The van der Waals surface area contributed by atoms with Gasteiger partial charge in [0, 0.05) is 11.1 Å². The number of sulfonamides is 1. The van der Waals surface area contributed by atoms with E-state index in [9.17, 15) is 8.42 Å². The average Bonchev–Trinajstić information content (AvgIpc) is 2.37. The lowest BCUT2D eigenvalue weighted by molar-refractivity contribution is 0.491. The standard InChI is InChI=1S/C16H18NO2S/c1-16(2,3)17-20(18,19)15-12-8-7-11-14(15)13-9-5-4-6-10-13/h5-12,17H,1-3H3. The van der Waals surface area contributed by atoms with Gasteiger partial charge in [0.25, 0.3) is 0 Å². The SMILES string of the molecule is CC(C)(C)NS(=O)(=O)c1ccccc1-c1cc[c]cc1. The zero-order valence-corrected chi connectivity index (χ0v) is 12.7. The van der Waals surface area contributed by atoms with E-state index in [0.29, 0.717) is 10.5 Å². The first-order valence-electron chi connectivity index (χ1n) is 6.39. The van der Waals surface area contributed by atoms with Crippen LogP contribution in [0.3, 0.4) is 0 Å². The number of hydrogen-bond donors (Lipinski definition) is 1. The molecular formula is C16H18NO2S. The Morgan fingerprint density at radius 1 is 1.00 bits per heavy atom. The van der Waals surface area contributed by atoms with Crippen molar-refractivity contribution in [3.8, 4) is 11.1 Å². The smallest absolute Gasteiger partial charge is 0.207 e. The molecular weight excluding hydrogens is 270 g/mol. The van der Waals surface area contributed by atoms with Crippen LogP contribution in [-0.4, -0.2) is 14.0 Å². The first-order chi connectivity index (χ1) is 9.30. The van der Waals surface area contributed by atoms with Crippen LogP contribution in [0.5, 0.6) is 0 Å². The van der Waals surface area contributed by atoms with E-state index in [1.54, 1.807) is 24.3 Å². The zero-order valence-electron chi connectivity index (χ0n) is 11.8. The Bertz CT molecular complexity index is 686. The molecule has 2 aromatic carbocycles. The Balaban J connectivity index is 2.54. The zero-order chi connectivity index (χ0) is 14.8.